The van der Waals surface area contributed by atoms with Crippen LogP contribution in [0.15, 0.2) is 47.4 Å². The summed E-state index contributed by atoms with van der Waals surface area (Å²) in [6.45, 7) is 4.30. The maximum atomic E-state index is 13.0. The van der Waals surface area contributed by atoms with Crippen LogP contribution in [0.4, 0.5) is 0 Å². The molecule has 7 heteroatoms. The van der Waals surface area contributed by atoms with Crippen molar-refractivity contribution in [3.8, 4) is 0 Å². The number of aryl methyl sites for hydroxylation is 2. The first-order chi connectivity index (χ1) is 14.3. The quantitative estimate of drug-likeness (QED) is 0.796. The Bertz CT molecular complexity index is 1040. The second-order valence-corrected chi connectivity index (χ2v) is 10.2. The molecule has 2 aliphatic rings. The number of hydrogen-bond donors (Lipinski definition) is 1. The van der Waals surface area contributed by atoms with E-state index in [0.717, 1.165) is 18.4 Å². The van der Waals surface area contributed by atoms with Gasteiger partial charge in [-0.2, -0.15) is 4.31 Å². The number of fused-ring (bicyclic) bond motifs is 1. The molecular formula is C23H29N3O3S. The second kappa shape index (κ2) is 8.49. The summed E-state index contributed by atoms with van der Waals surface area (Å²) in [5.41, 5.74) is 4.20. The molecule has 1 heterocycles. The number of sulfonamides is 1. The van der Waals surface area contributed by atoms with E-state index in [2.05, 4.69) is 28.4 Å². The van der Waals surface area contributed by atoms with Gasteiger partial charge in [0.05, 0.1) is 10.9 Å². The van der Waals surface area contributed by atoms with Gasteiger partial charge in [-0.15, -0.1) is 0 Å². The van der Waals surface area contributed by atoms with E-state index >= 15 is 0 Å². The molecule has 0 spiro atoms. The highest BCUT2D eigenvalue weighted by molar-refractivity contribution is 7.89. The number of carbonyl (C=O) groups is 1. The zero-order valence-corrected chi connectivity index (χ0v) is 18.4. The molecular weight excluding hydrogens is 398 g/mol. The van der Waals surface area contributed by atoms with Crippen molar-refractivity contribution in [2.24, 2.45) is 0 Å². The monoisotopic (exact) mass is 427 g/mol. The lowest BCUT2D eigenvalue weighted by Crippen LogP contribution is -2.47. The molecule has 0 saturated carbocycles. The number of likely N-dealkylation sites (N-methyl/N-ethyl adjacent to an activating group) is 1. The van der Waals surface area contributed by atoms with Crippen LogP contribution in [-0.4, -0.2) is 56.8 Å². The molecule has 0 radical (unpaired) electrons. The number of amides is 1. The van der Waals surface area contributed by atoms with Gasteiger partial charge in [-0.25, -0.2) is 8.42 Å². The summed E-state index contributed by atoms with van der Waals surface area (Å²) in [7, 11) is -1.62. The third-order valence-electron chi connectivity index (χ3n) is 6.17. The highest BCUT2D eigenvalue weighted by Gasteiger charge is 2.28. The number of hydrogen-bond acceptors (Lipinski definition) is 4. The summed E-state index contributed by atoms with van der Waals surface area (Å²) in [5.74, 6) is -0.265. The van der Waals surface area contributed by atoms with Gasteiger partial charge in [-0.05, 0) is 68.1 Å². The minimum absolute atomic E-state index is 0.152. The summed E-state index contributed by atoms with van der Waals surface area (Å²) in [4.78, 5) is 15.1. The molecule has 1 fully saturated rings. The molecule has 160 valence electrons. The number of benzene rings is 2. The van der Waals surface area contributed by atoms with Crippen LogP contribution >= 0.6 is 0 Å². The molecule has 30 heavy (non-hydrogen) atoms. The van der Waals surface area contributed by atoms with E-state index in [-0.39, 0.29) is 16.8 Å². The van der Waals surface area contributed by atoms with Gasteiger partial charge >= 0.3 is 0 Å². The van der Waals surface area contributed by atoms with Crippen molar-refractivity contribution < 1.29 is 13.2 Å². The average molecular weight is 428 g/mol. The maximum absolute atomic E-state index is 13.0. The molecule has 4 rings (SSSR count). The third-order valence-corrected chi connectivity index (χ3v) is 8.06. The van der Waals surface area contributed by atoms with Crippen LogP contribution in [0.2, 0.25) is 0 Å². The van der Waals surface area contributed by atoms with Crippen molar-refractivity contribution in [2.45, 2.75) is 37.1 Å². The van der Waals surface area contributed by atoms with Gasteiger partial charge in [0.15, 0.2) is 0 Å². The van der Waals surface area contributed by atoms with E-state index in [1.54, 1.807) is 18.2 Å². The van der Waals surface area contributed by atoms with Crippen LogP contribution in [0.25, 0.3) is 0 Å². The van der Waals surface area contributed by atoms with Gasteiger partial charge in [-0.1, -0.05) is 24.3 Å². The molecule has 1 N–H and O–H groups in total. The van der Waals surface area contributed by atoms with Gasteiger partial charge in [0.25, 0.3) is 5.91 Å². The van der Waals surface area contributed by atoms with Crippen molar-refractivity contribution in [2.75, 3.05) is 33.2 Å². The number of piperazine rings is 1. The highest BCUT2D eigenvalue weighted by atomic mass is 32.2. The molecule has 1 saturated heterocycles. The number of rotatable bonds is 5. The number of nitrogens with one attached hydrogen (secondary N) is 1. The summed E-state index contributed by atoms with van der Waals surface area (Å²) in [6.07, 6.45) is 3.41. The molecule has 1 aliphatic carbocycles. The third kappa shape index (κ3) is 4.29. The molecule has 0 unspecified atom stereocenters. The number of carbonyl (C=O) groups excluding carboxylic acids is 1. The fourth-order valence-electron chi connectivity index (χ4n) is 4.20. The van der Waals surface area contributed by atoms with Crippen LogP contribution in [-0.2, 0) is 22.9 Å². The van der Waals surface area contributed by atoms with Crippen LogP contribution in [0.5, 0.6) is 0 Å². The molecule has 0 bridgehead atoms. The first-order valence-electron chi connectivity index (χ1n) is 10.6. The van der Waals surface area contributed by atoms with Crippen molar-refractivity contribution >= 4 is 15.9 Å². The second-order valence-electron chi connectivity index (χ2n) is 8.31. The normalized spacial score (nSPS) is 18.7. The van der Waals surface area contributed by atoms with Gasteiger partial charge in [0.1, 0.15) is 0 Å². The summed E-state index contributed by atoms with van der Waals surface area (Å²) >= 11 is 0. The topological polar surface area (TPSA) is 69.7 Å². The minimum Gasteiger partial charge on any atom is -0.346 e. The largest absolute Gasteiger partial charge is 0.346 e. The Kier molecular flexibility index (Phi) is 5.95. The Morgan fingerprint density at radius 2 is 1.73 bits per heavy atom. The van der Waals surface area contributed by atoms with E-state index in [1.807, 2.05) is 14.0 Å². The zero-order valence-electron chi connectivity index (χ0n) is 17.6. The Morgan fingerprint density at radius 1 is 1.00 bits per heavy atom. The van der Waals surface area contributed by atoms with Gasteiger partial charge < -0.3 is 10.2 Å². The standard InChI is InChI=1S/C23H29N3O3S/c1-17(19-10-9-18-5-3-6-20(18)15-19)24-23(27)21-7-4-8-22(16-21)30(28,29)26-13-11-25(2)12-14-26/h4,7-10,15-17H,3,5-6,11-14H2,1-2H3,(H,24,27)/t17-/m0/s1. The summed E-state index contributed by atoms with van der Waals surface area (Å²) in [5, 5.41) is 3.01. The van der Waals surface area contributed by atoms with Crippen molar-refractivity contribution in [1.29, 1.82) is 0 Å². The van der Waals surface area contributed by atoms with Gasteiger partial charge in [0.2, 0.25) is 10.0 Å². The Labute approximate surface area is 178 Å². The van der Waals surface area contributed by atoms with Gasteiger partial charge in [0, 0.05) is 31.7 Å². The van der Waals surface area contributed by atoms with Gasteiger partial charge in [-0.3, -0.25) is 4.79 Å². The molecule has 1 aliphatic heterocycles. The minimum atomic E-state index is -3.60. The SMILES string of the molecule is C[C@H](NC(=O)c1cccc(S(=O)(=O)N2CCN(C)CC2)c1)c1ccc2c(c1)CCC2. The van der Waals surface area contributed by atoms with Crippen molar-refractivity contribution in [3.05, 3.63) is 64.7 Å². The average Bonchev–Trinajstić information content (AvgIpc) is 3.22. The van der Waals surface area contributed by atoms with E-state index in [0.29, 0.717) is 31.7 Å². The molecule has 2 aromatic rings. The van der Waals surface area contributed by atoms with E-state index < -0.39 is 10.0 Å². The smallest absolute Gasteiger partial charge is 0.251 e. The first kappa shape index (κ1) is 21.0. The maximum Gasteiger partial charge on any atom is 0.251 e. The lowest BCUT2D eigenvalue weighted by Gasteiger charge is -2.31. The van der Waals surface area contributed by atoms with Crippen LogP contribution in [0.3, 0.4) is 0 Å². The molecule has 1 atom stereocenters. The molecule has 0 aromatic heterocycles. The fourth-order valence-corrected chi connectivity index (χ4v) is 5.67. The van der Waals surface area contributed by atoms with Crippen LogP contribution in [0.1, 0.15) is 46.4 Å². The Morgan fingerprint density at radius 3 is 2.50 bits per heavy atom. The zero-order chi connectivity index (χ0) is 21.3. The highest BCUT2D eigenvalue weighted by Crippen LogP contribution is 2.26. The number of nitrogens with zero attached hydrogens (tertiary/aromatic N) is 2. The lowest BCUT2D eigenvalue weighted by atomic mass is 10.0. The molecule has 6 nitrogen and oxygen atoms in total. The van der Waals surface area contributed by atoms with E-state index in [4.69, 9.17) is 0 Å². The predicted molar refractivity (Wildman–Crippen MR) is 117 cm³/mol. The lowest BCUT2D eigenvalue weighted by molar-refractivity contribution is 0.0939. The molecule has 1 amide bonds. The van der Waals surface area contributed by atoms with Crippen LogP contribution in [0, 0.1) is 0 Å². The van der Waals surface area contributed by atoms with Crippen molar-refractivity contribution in [3.63, 3.8) is 0 Å². The predicted octanol–water partition coefficient (Wildman–Crippen LogP) is 2.60. The Hall–Kier alpha value is -2.22. The summed E-state index contributed by atoms with van der Waals surface area (Å²) < 4.78 is 27.5. The van der Waals surface area contributed by atoms with E-state index in [1.165, 1.54) is 27.9 Å². The Balaban J connectivity index is 1.48. The fraction of sp³-hybridized carbons (Fsp3) is 0.435. The first-order valence-corrected chi connectivity index (χ1v) is 12.0. The summed E-state index contributed by atoms with van der Waals surface area (Å²) in [6, 6.07) is 12.6. The van der Waals surface area contributed by atoms with E-state index in [9.17, 15) is 13.2 Å². The van der Waals surface area contributed by atoms with Crippen molar-refractivity contribution in [1.82, 2.24) is 14.5 Å². The van der Waals surface area contributed by atoms with Crippen LogP contribution < -0.4 is 5.32 Å². The molecule has 2 aromatic carbocycles.